The summed E-state index contributed by atoms with van der Waals surface area (Å²) in [6.45, 7) is 0.695. The van der Waals surface area contributed by atoms with Crippen LogP contribution in [-0.2, 0) is 11.8 Å². The Hall–Kier alpha value is -1.30. The van der Waals surface area contributed by atoms with Crippen LogP contribution in [0.2, 0.25) is 0 Å². The van der Waals surface area contributed by atoms with E-state index < -0.39 is 6.04 Å². The van der Waals surface area contributed by atoms with E-state index in [1.165, 1.54) is 0 Å². The van der Waals surface area contributed by atoms with Crippen molar-refractivity contribution in [2.45, 2.75) is 18.9 Å². The maximum Gasteiger partial charge on any atom is 0.268 e. The molecule has 1 saturated heterocycles. The molecule has 1 aromatic heterocycles. The number of amides is 2. The second-order valence-corrected chi connectivity index (χ2v) is 5.03. The molecule has 92 valence electrons. The monoisotopic (exact) mass is 299 g/mol. The average Bonchev–Trinajstić information content (AvgIpc) is 2.61. The highest BCUT2D eigenvalue weighted by atomic mass is 79.9. The summed E-state index contributed by atoms with van der Waals surface area (Å²) in [4.78, 5) is 23.5. The predicted molar refractivity (Wildman–Crippen MR) is 66.6 cm³/mol. The third kappa shape index (κ3) is 2.69. The molecule has 0 aromatic carbocycles. The highest BCUT2D eigenvalue weighted by molar-refractivity contribution is 9.10. The van der Waals surface area contributed by atoms with Crippen molar-refractivity contribution in [1.29, 1.82) is 0 Å². The van der Waals surface area contributed by atoms with Crippen molar-refractivity contribution in [2.24, 2.45) is 7.05 Å². The van der Waals surface area contributed by atoms with Crippen LogP contribution in [-0.4, -0.2) is 29.0 Å². The number of halogens is 1. The topological polar surface area (TPSA) is 63.1 Å². The molecule has 2 heterocycles. The van der Waals surface area contributed by atoms with Crippen LogP contribution in [0.15, 0.2) is 16.7 Å². The first-order valence-corrected chi connectivity index (χ1v) is 6.27. The van der Waals surface area contributed by atoms with Crippen LogP contribution in [0.3, 0.4) is 0 Å². The molecule has 5 nitrogen and oxygen atoms in total. The summed E-state index contributed by atoms with van der Waals surface area (Å²) in [5, 5.41) is 5.49. The first kappa shape index (κ1) is 12.2. The van der Waals surface area contributed by atoms with E-state index in [1.54, 1.807) is 23.9 Å². The van der Waals surface area contributed by atoms with Gasteiger partial charge in [0.15, 0.2) is 0 Å². The number of rotatable bonds is 2. The largest absolute Gasteiger partial charge is 0.354 e. The Balaban J connectivity index is 2.06. The van der Waals surface area contributed by atoms with Crippen molar-refractivity contribution in [3.63, 3.8) is 0 Å². The molecule has 0 radical (unpaired) electrons. The summed E-state index contributed by atoms with van der Waals surface area (Å²) in [5.41, 5.74) is 0.537. The third-order valence-electron chi connectivity index (χ3n) is 2.79. The van der Waals surface area contributed by atoms with Crippen LogP contribution in [0, 0.1) is 0 Å². The fourth-order valence-electron chi connectivity index (χ4n) is 1.89. The van der Waals surface area contributed by atoms with E-state index in [0.717, 1.165) is 10.9 Å². The molecule has 2 N–H and O–H groups in total. The number of piperidine rings is 1. The Morgan fingerprint density at radius 1 is 1.65 bits per heavy atom. The van der Waals surface area contributed by atoms with Crippen molar-refractivity contribution in [1.82, 2.24) is 15.2 Å². The van der Waals surface area contributed by atoms with Crippen LogP contribution < -0.4 is 10.6 Å². The van der Waals surface area contributed by atoms with Gasteiger partial charge in [-0.05, 0) is 34.8 Å². The fraction of sp³-hybridized carbons (Fsp3) is 0.455. The fourth-order valence-corrected chi connectivity index (χ4v) is 2.42. The minimum absolute atomic E-state index is 0.0992. The Kier molecular flexibility index (Phi) is 3.51. The Labute approximate surface area is 108 Å². The van der Waals surface area contributed by atoms with E-state index in [1.807, 2.05) is 0 Å². The molecule has 1 aliphatic rings. The zero-order chi connectivity index (χ0) is 12.4. The summed E-state index contributed by atoms with van der Waals surface area (Å²) in [7, 11) is 1.79. The molecule has 0 aliphatic carbocycles. The molecule has 2 amide bonds. The summed E-state index contributed by atoms with van der Waals surface area (Å²) < 4.78 is 2.57. The summed E-state index contributed by atoms with van der Waals surface area (Å²) in [5.74, 6) is -0.321. The predicted octanol–water partition coefficient (Wildman–Crippen LogP) is 0.796. The van der Waals surface area contributed by atoms with E-state index in [0.29, 0.717) is 18.7 Å². The van der Waals surface area contributed by atoms with Crippen LogP contribution in [0.4, 0.5) is 0 Å². The highest BCUT2D eigenvalue weighted by Gasteiger charge is 2.24. The lowest BCUT2D eigenvalue weighted by Gasteiger charge is -2.22. The molecule has 1 aromatic rings. The van der Waals surface area contributed by atoms with Gasteiger partial charge in [-0.1, -0.05) is 0 Å². The van der Waals surface area contributed by atoms with Gasteiger partial charge in [-0.3, -0.25) is 9.59 Å². The van der Waals surface area contributed by atoms with Gasteiger partial charge < -0.3 is 15.2 Å². The summed E-state index contributed by atoms with van der Waals surface area (Å²) >= 11 is 3.31. The van der Waals surface area contributed by atoms with Gasteiger partial charge in [-0.15, -0.1) is 0 Å². The SMILES string of the molecule is Cn1cc(Br)cc1C(=O)NC1CCCNC1=O. The van der Waals surface area contributed by atoms with E-state index >= 15 is 0 Å². The second kappa shape index (κ2) is 4.91. The van der Waals surface area contributed by atoms with Gasteiger partial charge in [0, 0.05) is 24.3 Å². The molecule has 2 rings (SSSR count). The number of hydrogen-bond donors (Lipinski definition) is 2. The van der Waals surface area contributed by atoms with Gasteiger partial charge in [-0.2, -0.15) is 0 Å². The van der Waals surface area contributed by atoms with Gasteiger partial charge in [0.2, 0.25) is 5.91 Å². The van der Waals surface area contributed by atoms with E-state index in [-0.39, 0.29) is 11.8 Å². The standard InChI is InChI=1S/C11H14BrN3O2/c1-15-6-7(12)5-9(15)11(17)14-8-3-2-4-13-10(8)16/h5-6,8H,2-4H2,1H3,(H,13,16)(H,14,17). The lowest BCUT2D eigenvalue weighted by Crippen LogP contribution is -2.50. The molecule has 1 aliphatic heterocycles. The van der Waals surface area contributed by atoms with Crippen LogP contribution in [0.25, 0.3) is 0 Å². The Morgan fingerprint density at radius 3 is 3.00 bits per heavy atom. The Morgan fingerprint density at radius 2 is 2.41 bits per heavy atom. The first-order valence-electron chi connectivity index (χ1n) is 5.48. The van der Waals surface area contributed by atoms with Crippen LogP contribution >= 0.6 is 15.9 Å². The molecule has 1 unspecified atom stereocenters. The normalized spacial score (nSPS) is 19.9. The minimum atomic E-state index is -0.412. The minimum Gasteiger partial charge on any atom is -0.354 e. The number of nitrogens with zero attached hydrogens (tertiary/aromatic N) is 1. The van der Waals surface area contributed by atoms with Gasteiger partial charge >= 0.3 is 0 Å². The number of nitrogens with one attached hydrogen (secondary N) is 2. The second-order valence-electron chi connectivity index (χ2n) is 4.11. The maximum atomic E-state index is 12.0. The lowest BCUT2D eigenvalue weighted by molar-refractivity contribution is -0.124. The van der Waals surface area contributed by atoms with E-state index in [9.17, 15) is 9.59 Å². The van der Waals surface area contributed by atoms with Crippen molar-refractivity contribution < 1.29 is 9.59 Å². The smallest absolute Gasteiger partial charge is 0.268 e. The van der Waals surface area contributed by atoms with Crippen molar-refractivity contribution >= 4 is 27.7 Å². The number of aryl methyl sites for hydroxylation is 1. The van der Waals surface area contributed by atoms with Gasteiger partial charge in [0.1, 0.15) is 11.7 Å². The molecular weight excluding hydrogens is 286 g/mol. The number of hydrogen-bond acceptors (Lipinski definition) is 2. The quantitative estimate of drug-likeness (QED) is 0.848. The Bertz CT molecular complexity index is 456. The van der Waals surface area contributed by atoms with Gasteiger partial charge in [0.25, 0.3) is 5.91 Å². The molecule has 6 heteroatoms. The zero-order valence-corrected chi connectivity index (χ0v) is 11.1. The van der Waals surface area contributed by atoms with Crippen molar-refractivity contribution in [3.05, 3.63) is 22.4 Å². The number of aromatic nitrogens is 1. The van der Waals surface area contributed by atoms with Crippen molar-refractivity contribution in [2.75, 3.05) is 6.54 Å². The van der Waals surface area contributed by atoms with Crippen LogP contribution in [0.1, 0.15) is 23.3 Å². The first-order chi connectivity index (χ1) is 8.08. The number of carbonyl (C=O) groups excluding carboxylic acids is 2. The summed E-state index contributed by atoms with van der Waals surface area (Å²) in [6.07, 6.45) is 3.40. The number of carbonyl (C=O) groups is 2. The zero-order valence-electron chi connectivity index (χ0n) is 9.50. The molecule has 0 spiro atoms. The molecule has 17 heavy (non-hydrogen) atoms. The maximum absolute atomic E-state index is 12.0. The summed E-state index contributed by atoms with van der Waals surface area (Å²) in [6, 6.07) is 1.32. The third-order valence-corrected chi connectivity index (χ3v) is 3.23. The molecule has 1 atom stereocenters. The van der Waals surface area contributed by atoms with Gasteiger partial charge in [0.05, 0.1) is 0 Å². The van der Waals surface area contributed by atoms with E-state index in [2.05, 4.69) is 26.6 Å². The lowest BCUT2D eigenvalue weighted by atomic mass is 10.1. The van der Waals surface area contributed by atoms with E-state index in [4.69, 9.17) is 0 Å². The highest BCUT2D eigenvalue weighted by Crippen LogP contribution is 2.14. The average molecular weight is 300 g/mol. The molecule has 0 saturated carbocycles. The van der Waals surface area contributed by atoms with Crippen molar-refractivity contribution in [3.8, 4) is 0 Å². The van der Waals surface area contributed by atoms with Crippen LogP contribution in [0.5, 0.6) is 0 Å². The molecule has 1 fully saturated rings. The molecular formula is C11H14BrN3O2. The van der Waals surface area contributed by atoms with Gasteiger partial charge in [-0.25, -0.2) is 0 Å². The molecule has 0 bridgehead atoms.